The predicted octanol–water partition coefficient (Wildman–Crippen LogP) is 3.28. The fraction of sp³-hybridized carbons (Fsp3) is 0.588. The summed E-state index contributed by atoms with van der Waals surface area (Å²) in [4.78, 5) is 13.0. The Labute approximate surface area is 121 Å². The molecule has 0 spiro atoms. The van der Waals surface area contributed by atoms with E-state index in [1.165, 1.54) is 24.0 Å². The van der Waals surface area contributed by atoms with E-state index in [0.717, 1.165) is 13.1 Å². The zero-order valence-corrected chi connectivity index (χ0v) is 12.7. The van der Waals surface area contributed by atoms with Crippen LogP contribution >= 0.6 is 0 Å². The molecular weight excluding hydrogens is 250 g/mol. The van der Waals surface area contributed by atoms with Crippen molar-refractivity contribution in [1.82, 2.24) is 4.90 Å². The lowest BCUT2D eigenvalue weighted by Gasteiger charge is -2.22. The lowest BCUT2D eigenvalue weighted by Crippen LogP contribution is -2.31. The Morgan fingerprint density at radius 1 is 1.25 bits per heavy atom. The van der Waals surface area contributed by atoms with Crippen LogP contribution in [0.4, 0.5) is 0 Å². The van der Waals surface area contributed by atoms with E-state index in [0.29, 0.717) is 5.92 Å². The summed E-state index contributed by atoms with van der Waals surface area (Å²) in [5.74, 6) is -0.0276. The highest BCUT2D eigenvalue weighted by atomic mass is 16.4. The van der Waals surface area contributed by atoms with Gasteiger partial charge in [-0.3, -0.25) is 9.69 Å². The first-order valence-corrected chi connectivity index (χ1v) is 7.38. The first kappa shape index (κ1) is 15.0. The van der Waals surface area contributed by atoms with Crippen LogP contribution in [0.15, 0.2) is 24.3 Å². The summed E-state index contributed by atoms with van der Waals surface area (Å²) < 4.78 is 0. The van der Waals surface area contributed by atoms with Crippen LogP contribution in [-0.2, 0) is 16.8 Å². The fourth-order valence-electron chi connectivity index (χ4n) is 2.41. The van der Waals surface area contributed by atoms with Crippen LogP contribution in [0.2, 0.25) is 0 Å². The first-order chi connectivity index (χ1) is 9.34. The van der Waals surface area contributed by atoms with Gasteiger partial charge in [0, 0.05) is 13.1 Å². The molecule has 1 aliphatic carbocycles. The Bertz CT molecular complexity index is 455. The number of aliphatic carboxylic acids is 1. The van der Waals surface area contributed by atoms with Gasteiger partial charge in [0.1, 0.15) is 0 Å². The highest BCUT2D eigenvalue weighted by Crippen LogP contribution is 2.30. The number of hydrogen-bond acceptors (Lipinski definition) is 2. The summed E-state index contributed by atoms with van der Waals surface area (Å²) in [5.41, 5.74) is 2.67. The second-order valence-corrected chi connectivity index (χ2v) is 6.95. The summed E-state index contributed by atoms with van der Waals surface area (Å²) in [6.07, 6.45) is 2.50. The summed E-state index contributed by atoms with van der Waals surface area (Å²) in [7, 11) is 0. The predicted molar refractivity (Wildman–Crippen MR) is 80.8 cm³/mol. The van der Waals surface area contributed by atoms with Crippen LogP contribution in [0, 0.1) is 5.92 Å². The van der Waals surface area contributed by atoms with Crippen molar-refractivity contribution < 1.29 is 9.90 Å². The average molecular weight is 275 g/mol. The minimum absolute atomic E-state index is 0.136. The van der Waals surface area contributed by atoms with Crippen molar-refractivity contribution in [2.45, 2.75) is 45.6 Å². The van der Waals surface area contributed by atoms with Crippen LogP contribution in [0.3, 0.4) is 0 Å². The molecule has 2 rings (SSSR count). The number of nitrogens with zero attached hydrogens (tertiary/aromatic N) is 1. The lowest BCUT2D eigenvalue weighted by molar-refractivity contribution is -0.138. The van der Waals surface area contributed by atoms with E-state index in [1.807, 2.05) is 4.90 Å². The summed E-state index contributed by atoms with van der Waals surface area (Å²) >= 11 is 0. The van der Waals surface area contributed by atoms with Gasteiger partial charge in [-0.1, -0.05) is 45.0 Å². The number of hydrogen-bond donors (Lipinski definition) is 1. The summed E-state index contributed by atoms with van der Waals surface area (Å²) in [6, 6.07) is 8.57. The molecule has 1 N–H and O–H groups in total. The molecule has 0 aromatic heterocycles. The van der Waals surface area contributed by atoms with E-state index in [4.69, 9.17) is 5.11 Å². The summed E-state index contributed by atoms with van der Waals surface area (Å²) in [5, 5.41) is 9.00. The van der Waals surface area contributed by atoms with Crippen LogP contribution < -0.4 is 0 Å². The maximum absolute atomic E-state index is 10.9. The Kier molecular flexibility index (Phi) is 4.48. The smallest absolute Gasteiger partial charge is 0.317 e. The van der Waals surface area contributed by atoms with E-state index >= 15 is 0 Å². The normalized spacial score (nSPS) is 15.6. The third kappa shape index (κ3) is 4.64. The van der Waals surface area contributed by atoms with Crippen molar-refractivity contribution in [3.8, 4) is 0 Å². The largest absolute Gasteiger partial charge is 0.480 e. The molecule has 0 heterocycles. The van der Waals surface area contributed by atoms with Crippen LogP contribution in [0.1, 0.15) is 44.7 Å². The van der Waals surface area contributed by atoms with E-state index in [2.05, 4.69) is 45.0 Å². The molecule has 110 valence electrons. The van der Waals surface area contributed by atoms with Crippen molar-refractivity contribution in [2.24, 2.45) is 5.92 Å². The van der Waals surface area contributed by atoms with Gasteiger partial charge in [0.2, 0.25) is 0 Å². The minimum atomic E-state index is -0.739. The van der Waals surface area contributed by atoms with Crippen molar-refractivity contribution in [3.63, 3.8) is 0 Å². The van der Waals surface area contributed by atoms with Gasteiger partial charge in [0.15, 0.2) is 0 Å². The standard InChI is InChI=1S/C17H25NO2/c1-17(2,3)15-8-6-14(7-9-15)11-18(12-16(19)20)10-13-4-5-13/h6-9,13H,4-5,10-12H2,1-3H3,(H,19,20). The highest BCUT2D eigenvalue weighted by Gasteiger charge is 2.25. The highest BCUT2D eigenvalue weighted by molar-refractivity contribution is 5.69. The van der Waals surface area contributed by atoms with Crippen molar-refractivity contribution in [3.05, 3.63) is 35.4 Å². The van der Waals surface area contributed by atoms with Crippen molar-refractivity contribution >= 4 is 5.97 Å². The minimum Gasteiger partial charge on any atom is -0.480 e. The Hall–Kier alpha value is -1.35. The van der Waals surface area contributed by atoms with E-state index < -0.39 is 5.97 Å². The zero-order valence-electron chi connectivity index (χ0n) is 12.7. The lowest BCUT2D eigenvalue weighted by atomic mass is 9.87. The SMILES string of the molecule is CC(C)(C)c1ccc(CN(CC(=O)O)CC2CC2)cc1. The molecule has 1 aliphatic rings. The molecule has 0 unspecified atom stereocenters. The molecule has 1 aromatic rings. The van der Waals surface area contributed by atoms with Gasteiger partial charge in [-0.15, -0.1) is 0 Å². The van der Waals surface area contributed by atoms with E-state index in [1.54, 1.807) is 0 Å². The number of carboxylic acids is 1. The molecule has 1 saturated carbocycles. The quantitative estimate of drug-likeness (QED) is 0.866. The van der Waals surface area contributed by atoms with Crippen molar-refractivity contribution in [1.29, 1.82) is 0 Å². The zero-order chi connectivity index (χ0) is 14.8. The maximum Gasteiger partial charge on any atom is 0.317 e. The average Bonchev–Trinajstić information content (AvgIpc) is 3.11. The van der Waals surface area contributed by atoms with Crippen LogP contribution in [-0.4, -0.2) is 29.1 Å². The van der Waals surface area contributed by atoms with Gasteiger partial charge in [0.25, 0.3) is 0 Å². The maximum atomic E-state index is 10.9. The Balaban J connectivity index is 1.99. The molecular formula is C17H25NO2. The second kappa shape index (κ2) is 5.96. The van der Waals surface area contributed by atoms with Crippen molar-refractivity contribution in [2.75, 3.05) is 13.1 Å². The molecule has 0 atom stereocenters. The number of carboxylic acid groups (broad SMARTS) is 1. The van der Waals surface area contributed by atoms with Gasteiger partial charge in [0.05, 0.1) is 6.54 Å². The fourth-order valence-corrected chi connectivity index (χ4v) is 2.41. The number of benzene rings is 1. The van der Waals surface area contributed by atoms with Gasteiger partial charge < -0.3 is 5.11 Å². The summed E-state index contributed by atoms with van der Waals surface area (Å²) in [6.45, 7) is 8.38. The molecule has 3 heteroatoms. The first-order valence-electron chi connectivity index (χ1n) is 7.38. The second-order valence-electron chi connectivity index (χ2n) is 6.95. The molecule has 0 saturated heterocycles. The van der Waals surface area contributed by atoms with E-state index in [9.17, 15) is 4.79 Å². The van der Waals surface area contributed by atoms with E-state index in [-0.39, 0.29) is 12.0 Å². The molecule has 1 aromatic carbocycles. The molecule has 3 nitrogen and oxygen atoms in total. The third-order valence-corrected chi connectivity index (χ3v) is 3.80. The van der Waals surface area contributed by atoms with Gasteiger partial charge in [-0.25, -0.2) is 0 Å². The molecule has 0 bridgehead atoms. The Morgan fingerprint density at radius 2 is 1.85 bits per heavy atom. The van der Waals surface area contributed by atoms with Gasteiger partial charge >= 0.3 is 5.97 Å². The van der Waals surface area contributed by atoms with Crippen LogP contribution in [0.25, 0.3) is 0 Å². The molecule has 20 heavy (non-hydrogen) atoms. The number of rotatable bonds is 6. The van der Waals surface area contributed by atoms with Gasteiger partial charge in [-0.05, 0) is 35.3 Å². The monoisotopic (exact) mass is 275 g/mol. The molecule has 0 radical (unpaired) electrons. The van der Waals surface area contributed by atoms with Crippen LogP contribution in [0.5, 0.6) is 0 Å². The third-order valence-electron chi connectivity index (χ3n) is 3.80. The molecule has 0 amide bonds. The van der Waals surface area contributed by atoms with Gasteiger partial charge in [-0.2, -0.15) is 0 Å². The number of carbonyl (C=O) groups is 1. The topological polar surface area (TPSA) is 40.5 Å². The molecule has 0 aliphatic heterocycles. The Morgan fingerprint density at radius 3 is 2.30 bits per heavy atom. The molecule has 1 fully saturated rings.